The third-order valence-corrected chi connectivity index (χ3v) is 6.02. The molecule has 4 rings (SSSR count). The van der Waals surface area contributed by atoms with Crippen molar-refractivity contribution in [3.8, 4) is 0 Å². The fourth-order valence-electron chi connectivity index (χ4n) is 4.40. The van der Waals surface area contributed by atoms with Crippen LogP contribution in [0.25, 0.3) is 11.0 Å². The van der Waals surface area contributed by atoms with Crippen LogP contribution in [0.1, 0.15) is 44.9 Å². The lowest BCUT2D eigenvalue weighted by atomic mass is 9.97. The second-order valence-electron chi connectivity index (χ2n) is 8.08. The molecule has 1 N–H and O–H groups in total. The van der Waals surface area contributed by atoms with Crippen LogP contribution in [-0.4, -0.2) is 69.3 Å². The number of carbonyl (C=O) groups excluding carboxylic acids is 1. The van der Waals surface area contributed by atoms with Crippen molar-refractivity contribution in [3.63, 3.8) is 0 Å². The molecule has 1 aliphatic carbocycles. The van der Waals surface area contributed by atoms with E-state index in [-0.39, 0.29) is 5.91 Å². The van der Waals surface area contributed by atoms with E-state index in [0.717, 1.165) is 55.9 Å². The van der Waals surface area contributed by atoms with Crippen LogP contribution in [0.15, 0.2) is 12.5 Å². The second kappa shape index (κ2) is 8.86. The highest BCUT2D eigenvalue weighted by Gasteiger charge is 2.23. The van der Waals surface area contributed by atoms with E-state index in [9.17, 15) is 4.79 Å². The molecular weight excluding hydrogens is 354 g/mol. The number of nitrogens with zero attached hydrogens (tertiary/aromatic N) is 6. The maximum Gasteiger partial charge on any atom is 0.234 e. The molecule has 8 heteroatoms. The Bertz CT molecular complexity index is 789. The van der Waals surface area contributed by atoms with Gasteiger partial charge < -0.3 is 10.2 Å². The van der Waals surface area contributed by atoms with E-state index in [1.807, 2.05) is 13.2 Å². The Hall–Kier alpha value is -2.22. The van der Waals surface area contributed by atoms with Gasteiger partial charge in [-0.15, -0.1) is 0 Å². The maximum atomic E-state index is 12.5. The minimum Gasteiger partial charge on any atom is -0.353 e. The maximum absolute atomic E-state index is 12.5. The first kappa shape index (κ1) is 19.1. The summed E-state index contributed by atoms with van der Waals surface area (Å²) >= 11 is 0. The topological polar surface area (TPSA) is 79.2 Å². The molecule has 3 heterocycles. The van der Waals surface area contributed by atoms with Crippen LogP contribution in [0.3, 0.4) is 0 Å². The highest BCUT2D eigenvalue weighted by Crippen LogP contribution is 2.23. The molecule has 0 bridgehead atoms. The average Bonchev–Trinajstić information content (AvgIpc) is 3.06. The van der Waals surface area contributed by atoms with Crippen molar-refractivity contribution in [3.05, 3.63) is 12.5 Å². The van der Waals surface area contributed by atoms with E-state index in [2.05, 4.69) is 30.2 Å². The Morgan fingerprint density at radius 3 is 2.54 bits per heavy atom. The van der Waals surface area contributed by atoms with Crippen LogP contribution in [0, 0.1) is 0 Å². The average molecular weight is 386 g/mol. The standard InChI is InChI=1S/C20H31N7O/c1-25-19-17(13-23-25)20(22-15-21-19)27-11-9-26(10-12-27)14-18(28)24-16-7-5-3-2-4-6-8-16/h13,15-16H,2-12,14H2,1H3,(H,24,28). The summed E-state index contributed by atoms with van der Waals surface area (Å²) in [6, 6.07) is 0.369. The summed E-state index contributed by atoms with van der Waals surface area (Å²) < 4.78 is 1.77. The molecule has 0 unspecified atom stereocenters. The second-order valence-corrected chi connectivity index (χ2v) is 8.08. The smallest absolute Gasteiger partial charge is 0.234 e. The fraction of sp³-hybridized carbons (Fsp3) is 0.700. The number of anilines is 1. The Morgan fingerprint density at radius 1 is 1.07 bits per heavy atom. The zero-order valence-electron chi connectivity index (χ0n) is 16.8. The zero-order chi connectivity index (χ0) is 19.3. The van der Waals surface area contributed by atoms with Gasteiger partial charge in [-0.1, -0.05) is 32.1 Å². The molecule has 152 valence electrons. The Kier molecular flexibility index (Phi) is 6.04. The number of rotatable bonds is 4. The fourth-order valence-corrected chi connectivity index (χ4v) is 4.40. The molecule has 1 saturated heterocycles. The molecule has 1 aliphatic heterocycles. The van der Waals surface area contributed by atoms with Gasteiger partial charge in [0.25, 0.3) is 0 Å². The predicted molar refractivity (Wildman–Crippen MR) is 109 cm³/mol. The van der Waals surface area contributed by atoms with Crippen LogP contribution >= 0.6 is 0 Å². The zero-order valence-corrected chi connectivity index (χ0v) is 16.8. The van der Waals surface area contributed by atoms with Gasteiger partial charge in [0.05, 0.1) is 18.1 Å². The molecular formula is C20H31N7O. The first-order valence-corrected chi connectivity index (χ1v) is 10.6. The number of amides is 1. The summed E-state index contributed by atoms with van der Waals surface area (Å²) in [5, 5.41) is 8.56. The number of piperazine rings is 1. The lowest BCUT2D eigenvalue weighted by Gasteiger charge is -2.35. The highest BCUT2D eigenvalue weighted by molar-refractivity contribution is 5.86. The number of hydrogen-bond donors (Lipinski definition) is 1. The lowest BCUT2D eigenvalue weighted by molar-refractivity contribution is -0.123. The molecule has 28 heavy (non-hydrogen) atoms. The van der Waals surface area contributed by atoms with Crippen molar-refractivity contribution in [1.29, 1.82) is 0 Å². The Balaban J connectivity index is 1.28. The molecule has 0 spiro atoms. The molecule has 2 aliphatic rings. The van der Waals surface area contributed by atoms with Gasteiger partial charge >= 0.3 is 0 Å². The van der Waals surface area contributed by atoms with E-state index in [1.165, 1.54) is 32.1 Å². The van der Waals surface area contributed by atoms with E-state index in [4.69, 9.17) is 0 Å². The third-order valence-electron chi connectivity index (χ3n) is 6.02. The minimum atomic E-state index is 0.177. The summed E-state index contributed by atoms with van der Waals surface area (Å²) in [7, 11) is 1.89. The molecule has 2 aromatic rings. The first-order chi connectivity index (χ1) is 13.7. The number of aryl methyl sites for hydroxylation is 1. The lowest BCUT2D eigenvalue weighted by Crippen LogP contribution is -2.50. The molecule has 0 aromatic carbocycles. The molecule has 2 fully saturated rings. The van der Waals surface area contributed by atoms with Crippen molar-refractivity contribution >= 4 is 22.8 Å². The molecule has 8 nitrogen and oxygen atoms in total. The normalized spacial score (nSPS) is 20.1. The monoisotopic (exact) mass is 385 g/mol. The summed E-state index contributed by atoms with van der Waals surface area (Å²) in [6.45, 7) is 3.94. The highest BCUT2D eigenvalue weighted by atomic mass is 16.2. The number of fused-ring (bicyclic) bond motifs is 1. The van der Waals surface area contributed by atoms with Crippen LogP contribution in [0.5, 0.6) is 0 Å². The van der Waals surface area contributed by atoms with Crippen LogP contribution in [-0.2, 0) is 11.8 Å². The van der Waals surface area contributed by atoms with Crippen LogP contribution < -0.4 is 10.2 Å². The van der Waals surface area contributed by atoms with E-state index >= 15 is 0 Å². The van der Waals surface area contributed by atoms with Gasteiger partial charge in [-0.3, -0.25) is 14.4 Å². The van der Waals surface area contributed by atoms with Crippen molar-refractivity contribution in [2.45, 2.75) is 51.0 Å². The van der Waals surface area contributed by atoms with Gasteiger partial charge in [-0.2, -0.15) is 5.10 Å². The quantitative estimate of drug-likeness (QED) is 0.863. The van der Waals surface area contributed by atoms with Crippen molar-refractivity contribution in [2.24, 2.45) is 7.05 Å². The van der Waals surface area contributed by atoms with Crippen molar-refractivity contribution < 1.29 is 4.79 Å². The summed E-state index contributed by atoms with van der Waals surface area (Å²) in [6.07, 6.45) is 12.2. The van der Waals surface area contributed by atoms with Crippen molar-refractivity contribution in [2.75, 3.05) is 37.6 Å². The first-order valence-electron chi connectivity index (χ1n) is 10.6. The Morgan fingerprint density at radius 2 is 1.79 bits per heavy atom. The van der Waals surface area contributed by atoms with Gasteiger partial charge in [0.1, 0.15) is 12.1 Å². The largest absolute Gasteiger partial charge is 0.353 e. The number of carbonyl (C=O) groups is 1. The minimum absolute atomic E-state index is 0.177. The van der Waals surface area contributed by atoms with Gasteiger partial charge in [0, 0.05) is 39.3 Å². The van der Waals surface area contributed by atoms with Gasteiger partial charge in [0.2, 0.25) is 5.91 Å². The van der Waals surface area contributed by atoms with Gasteiger partial charge in [0.15, 0.2) is 5.65 Å². The Labute approximate surface area is 166 Å². The van der Waals surface area contributed by atoms with E-state index < -0.39 is 0 Å². The van der Waals surface area contributed by atoms with Crippen LogP contribution in [0.2, 0.25) is 0 Å². The molecule has 1 saturated carbocycles. The number of aromatic nitrogens is 4. The van der Waals surface area contributed by atoms with E-state index in [0.29, 0.717) is 12.6 Å². The summed E-state index contributed by atoms with van der Waals surface area (Å²) in [5.74, 6) is 1.12. The van der Waals surface area contributed by atoms with Gasteiger partial charge in [-0.25, -0.2) is 9.97 Å². The number of hydrogen-bond acceptors (Lipinski definition) is 6. The predicted octanol–water partition coefficient (Wildman–Crippen LogP) is 1.71. The molecule has 1 amide bonds. The van der Waals surface area contributed by atoms with Crippen LogP contribution in [0.4, 0.5) is 5.82 Å². The van der Waals surface area contributed by atoms with E-state index in [1.54, 1.807) is 11.0 Å². The molecule has 0 radical (unpaired) electrons. The van der Waals surface area contributed by atoms with Crippen molar-refractivity contribution in [1.82, 2.24) is 30.0 Å². The third kappa shape index (κ3) is 4.43. The SMILES string of the molecule is Cn1ncc2c(N3CCN(CC(=O)NC4CCCCCCC4)CC3)ncnc21. The van der Waals surface area contributed by atoms with Gasteiger partial charge in [-0.05, 0) is 12.8 Å². The summed E-state index contributed by atoms with van der Waals surface area (Å²) in [5.41, 5.74) is 0.853. The summed E-state index contributed by atoms with van der Waals surface area (Å²) in [4.78, 5) is 25.8. The number of nitrogens with one attached hydrogen (secondary N) is 1. The molecule has 0 atom stereocenters. The molecule has 2 aromatic heterocycles.